The maximum Gasteiger partial charge on any atom is 0.422 e. The Bertz CT molecular complexity index is 394. The first-order chi connectivity index (χ1) is 8.95. The van der Waals surface area contributed by atoms with E-state index in [-0.39, 0.29) is 0 Å². The van der Waals surface area contributed by atoms with E-state index < -0.39 is 42.1 Å². The van der Waals surface area contributed by atoms with Crippen molar-refractivity contribution in [3.05, 3.63) is 0 Å². The molecule has 1 atom stereocenters. The number of amides is 1. The standard InChI is InChI=1S/C11H16F3NO5/c1-6(2)15-7(16)10(3,8(17)19-4)9(18)20-5-11(12,13)14/h6H,5H2,1-4H3,(H,15,16). The van der Waals surface area contributed by atoms with E-state index >= 15 is 0 Å². The van der Waals surface area contributed by atoms with E-state index in [1.54, 1.807) is 13.8 Å². The number of alkyl halides is 3. The molecule has 0 saturated carbocycles. The van der Waals surface area contributed by atoms with Crippen molar-refractivity contribution < 1.29 is 37.0 Å². The van der Waals surface area contributed by atoms with Gasteiger partial charge < -0.3 is 14.8 Å². The molecule has 0 aliphatic carbocycles. The van der Waals surface area contributed by atoms with E-state index in [0.717, 1.165) is 14.0 Å². The van der Waals surface area contributed by atoms with Crippen LogP contribution in [0, 0.1) is 5.41 Å². The number of carbonyl (C=O) groups is 3. The summed E-state index contributed by atoms with van der Waals surface area (Å²) in [6, 6.07) is -0.429. The number of hydrogen-bond donors (Lipinski definition) is 1. The van der Waals surface area contributed by atoms with E-state index in [4.69, 9.17) is 0 Å². The van der Waals surface area contributed by atoms with Crippen LogP contribution in [-0.2, 0) is 23.9 Å². The Morgan fingerprint density at radius 2 is 1.65 bits per heavy atom. The average Bonchev–Trinajstić information content (AvgIpc) is 2.31. The third-order valence-corrected chi connectivity index (χ3v) is 2.24. The van der Waals surface area contributed by atoms with Crippen molar-refractivity contribution in [1.82, 2.24) is 5.32 Å². The summed E-state index contributed by atoms with van der Waals surface area (Å²) in [5.41, 5.74) is -2.50. The quantitative estimate of drug-likeness (QED) is 0.600. The van der Waals surface area contributed by atoms with Gasteiger partial charge in [0, 0.05) is 6.04 Å². The summed E-state index contributed by atoms with van der Waals surface area (Å²) in [4.78, 5) is 35.1. The van der Waals surface area contributed by atoms with Gasteiger partial charge in [0.25, 0.3) is 0 Å². The van der Waals surface area contributed by atoms with Crippen molar-refractivity contribution in [2.24, 2.45) is 5.41 Å². The first-order valence-electron chi connectivity index (χ1n) is 5.58. The van der Waals surface area contributed by atoms with Crippen molar-refractivity contribution in [2.45, 2.75) is 33.0 Å². The van der Waals surface area contributed by atoms with Gasteiger partial charge in [-0.2, -0.15) is 13.2 Å². The maximum atomic E-state index is 12.0. The van der Waals surface area contributed by atoms with E-state index in [2.05, 4.69) is 14.8 Å². The van der Waals surface area contributed by atoms with Crippen LogP contribution in [0.1, 0.15) is 20.8 Å². The van der Waals surface area contributed by atoms with Crippen LogP contribution < -0.4 is 5.32 Å². The zero-order valence-electron chi connectivity index (χ0n) is 11.5. The largest absolute Gasteiger partial charge is 0.468 e. The average molecular weight is 299 g/mol. The molecule has 0 aromatic heterocycles. The molecule has 1 unspecified atom stereocenters. The molecule has 0 radical (unpaired) electrons. The molecule has 0 rings (SSSR count). The molecule has 0 heterocycles. The molecule has 6 nitrogen and oxygen atoms in total. The second kappa shape index (κ2) is 6.58. The monoisotopic (exact) mass is 299 g/mol. The lowest BCUT2D eigenvalue weighted by Gasteiger charge is -2.24. The van der Waals surface area contributed by atoms with E-state index in [9.17, 15) is 27.6 Å². The highest BCUT2D eigenvalue weighted by Gasteiger charge is 2.52. The summed E-state index contributed by atoms with van der Waals surface area (Å²) >= 11 is 0. The van der Waals surface area contributed by atoms with Gasteiger partial charge in [-0.15, -0.1) is 0 Å². The van der Waals surface area contributed by atoms with Crippen LogP contribution in [0.5, 0.6) is 0 Å². The van der Waals surface area contributed by atoms with Crippen molar-refractivity contribution >= 4 is 17.8 Å². The zero-order chi connectivity index (χ0) is 16.1. The molecule has 1 amide bonds. The topological polar surface area (TPSA) is 81.7 Å². The minimum absolute atomic E-state index is 0.429. The fourth-order valence-corrected chi connectivity index (χ4v) is 1.17. The lowest BCUT2D eigenvalue weighted by molar-refractivity contribution is -0.197. The van der Waals surface area contributed by atoms with Crippen molar-refractivity contribution in [2.75, 3.05) is 13.7 Å². The minimum Gasteiger partial charge on any atom is -0.468 e. The lowest BCUT2D eigenvalue weighted by Crippen LogP contribution is -2.53. The summed E-state index contributed by atoms with van der Waals surface area (Å²) in [6.07, 6.45) is -4.76. The molecule has 0 spiro atoms. The highest BCUT2D eigenvalue weighted by Crippen LogP contribution is 2.23. The van der Waals surface area contributed by atoms with Gasteiger partial charge in [0.2, 0.25) is 11.3 Å². The Balaban J connectivity index is 5.19. The molecular formula is C11H16F3NO5. The summed E-state index contributed by atoms with van der Waals surface area (Å²) < 4.78 is 44.3. The van der Waals surface area contributed by atoms with Crippen molar-refractivity contribution in [3.8, 4) is 0 Å². The molecule has 0 bridgehead atoms. The Kier molecular flexibility index (Phi) is 5.98. The smallest absolute Gasteiger partial charge is 0.422 e. The summed E-state index contributed by atoms with van der Waals surface area (Å²) in [5.74, 6) is -4.02. The van der Waals surface area contributed by atoms with Crippen molar-refractivity contribution in [3.63, 3.8) is 0 Å². The predicted molar refractivity (Wildman–Crippen MR) is 60.4 cm³/mol. The first-order valence-corrected chi connectivity index (χ1v) is 5.58. The number of ether oxygens (including phenoxy) is 2. The van der Waals surface area contributed by atoms with Crippen LogP contribution in [0.4, 0.5) is 13.2 Å². The highest BCUT2D eigenvalue weighted by molar-refractivity contribution is 6.19. The number of halogens is 3. The minimum atomic E-state index is -4.76. The molecule has 9 heteroatoms. The first kappa shape index (κ1) is 18.2. The molecule has 116 valence electrons. The third kappa shape index (κ3) is 4.71. The second-order valence-corrected chi connectivity index (χ2v) is 4.44. The Morgan fingerprint density at radius 1 is 1.15 bits per heavy atom. The van der Waals surface area contributed by atoms with Gasteiger partial charge >= 0.3 is 18.1 Å². The van der Waals surface area contributed by atoms with Gasteiger partial charge in [0.05, 0.1) is 7.11 Å². The summed E-state index contributed by atoms with van der Waals surface area (Å²) in [5, 5.41) is 2.25. The van der Waals surface area contributed by atoms with Gasteiger partial charge in [-0.3, -0.25) is 14.4 Å². The molecule has 0 aromatic carbocycles. The van der Waals surface area contributed by atoms with Gasteiger partial charge in [-0.05, 0) is 20.8 Å². The predicted octanol–water partition coefficient (Wildman–Crippen LogP) is 0.796. The maximum absolute atomic E-state index is 12.0. The lowest BCUT2D eigenvalue weighted by atomic mass is 9.89. The normalized spacial score (nSPS) is 14.4. The molecule has 20 heavy (non-hydrogen) atoms. The van der Waals surface area contributed by atoms with Crippen LogP contribution >= 0.6 is 0 Å². The molecule has 0 fully saturated rings. The Hall–Kier alpha value is -1.80. The number of methoxy groups -OCH3 is 1. The molecule has 0 saturated heterocycles. The number of hydrogen-bond acceptors (Lipinski definition) is 5. The van der Waals surface area contributed by atoms with E-state index in [0.29, 0.717) is 0 Å². The van der Waals surface area contributed by atoms with Gasteiger partial charge in [-0.25, -0.2) is 0 Å². The number of rotatable bonds is 5. The molecular weight excluding hydrogens is 283 g/mol. The summed E-state index contributed by atoms with van der Waals surface area (Å²) in [7, 11) is 0.903. The van der Waals surface area contributed by atoms with Gasteiger partial charge in [-0.1, -0.05) is 0 Å². The second-order valence-electron chi connectivity index (χ2n) is 4.44. The highest BCUT2D eigenvalue weighted by atomic mass is 19.4. The summed E-state index contributed by atoms with van der Waals surface area (Å²) in [6.45, 7) is 2.05. The van der Waals surface area contributed by atoms with Crippen LogP contribution in [0.15, 0.2) is 0 Å². The Morgan fingerprint density at radius 3 is 2.00 bits per heavy atom. The zero-order valence-corrected chi connectivity index (χ0v) is 11.5. The van der Waals surface area contributed by atoms with E-state index in [1.807, 2.05) is 0 Å². The van der Waals surface area contributed by atoms with E-state index in [1.165, 1.54) is 0 Å². The SMILES string of the molecule is COC(=O)C(C)(C(=O)NC(C)C)C(=O)OCC(F)(F)F. The molecule has 0 aliphatic rings. The van der Waals surface area contributed by atoms with Crippen LogP contribution in [0.25, 0.3) is 0 Å². The number of nitrogens with one attached hydrogen (secondary N) is 1. The Labute approximate surface area is 113 Å². The molecule has 0 aliphatic heterocycles. The molecule has 0 aromatic rings. The van der Waals surface area contributed by atoms with Crippen molar-refractivity contribution in [1.29, 1.82) is 0 Å². The van der Waals surface area contributed by atoms with Gasteiger partial charge in [0.15, 0.2) is 6.61 Å². The van der Waals surface area contributed by atoms with Gasteiger partial charge in [0.1, 0.15) is 0 Å². The van der Waals surface area contributed by atoms with Crippen LogP contribution in [0.2, 0.25) is 0 Å². The third-order valence-electron chi connectivity index (χ3n) is 2.24. The fourth-order valence-electron chi connectivity index (χ4n) is 1.17. The fraction of sp³-hybridized carbons (Fsp3) is 0.727. The number of esters is 2. The van der Waals surface area contributed by atoms with Crippen LogP contribution in [-0.4, -0.2) is 43.8 Å². The molecule has 1 N–H and O–H groups in total. The van der Waals surface area contributed by atoms with Crippen LogP contribution in [0.3, 0.4) is 0 Å². The number of carbonyl (C=O) groups excluding carboxylic acids is 3.